The molecule has 0 atom stereocenters. The molecule has 0 aliphatic rings. The normalized spacial score (nSPS) is 11.2. The Balaban J connectivity index is 3.21. The van der Waals surface area contributed by atoms with Gasteiger partial charge in [-0.3, -0.25) is 0 Å². The second-order valence-electron chi connectivity index (χ2n) is 5.23. The van der Waals surface area contributed by atoms with Crippen molar-refractivity contribution in [2.24, 2.45) is 0 Å². The Morgan fingerprint density at radius 2 is 1.95 bits per heavy atom. The van der Waals surface area contributed by atoms with Crippen molar-refractivity contribution in [2.45, 2.75) is 46.1 Å². The van der Waals surface area contributed by atoms with E-state index in [4.69, 9.17) is 5.11 Å². The van der Waals surface area contributed by atoms with Crippen LogP contribution in [-0.2, 0) is 0 Å². The molecule has 2 N–H and O–H groups in total. The fourth-order valence-electron chi connectivity index (χ4n) is 2.20. The molecule has 5 nitrogen and oxygen atoms in total. The van der Waals surface area contributed by atoms with E-state index in [-0.39, 0.29) is 6.61 Å². The van der Waals surface area contributed by atoms with Crippen molar-refractivity contribution in [3.8, 4) is 0 Å². The molecule has 0 aromatic carbocycles. The van der Waals surface area contributed by atoms with E-state index in [1.807, 2.05) is 7.05 Å². The van der Waals surface area contributed by atoms with Crippen LogP contribution in [0.5, 0.6) is 0 Å². The monoisotopic (exact) mass is 266 g/mol. The van der Waals surface area contributed by atoms with Gasteiger partial charge in [0.2, 0.25) is 0 Å². The zero-order valence-electron chi connectivity index (χ0n) is 12.6. The summed E-state index contributed by atoms with van der Waals surface area (Å²) in [5.74, 6) is 2.20. The number of nitrogens with one attached hydrogen (secondary N) is 1. The van der Waals surface area contributed by atoms with Crippen LogP contribution >= 0.6 is 0 Å². The van der Waals surface area contributed by atoms with Crippen LogP contribution in [-0.4, -0.2) is 41.3 Å². The summed E-state index contributed by atoms with van der Waals surface area (Å²) in [5.41, 5.74) is 1.14. The topological polar surface area (TPSA) is 61.3 Å². The number of aromatic nitrogens is 2. The molecular weight excluding hydrogens is 240 g/mol. The SMILES string of the molecule is CNc1ncnc(N(CCCO)C(C)C)c1C(C)C. The Hall–Kier alpha value is -1.36. The Kier molecular flexibility index (Phi) is 6.02. The summed E-state index contributed by atoms with van der Waals surface area (Å²) >= 11 is 0. The molecule has 0 radical (unpaired) electrons. The van der Waals surface area contributed by atoms with Crippen LogP contribution in [0.25, 0.3) is 0 Å². The van der Waals surface area contributed by atoms with Gasteiger partial charge < -0.3 is 15.3 Å². The van der Waals surface area contributed by atoms with Crippen LogP contribution in [0.15, 0.2) is 6.33 Å². The summed E-state index contributed by atoms with van der Waals surface area (Å²) in [6.45, 7) is 9.57. The second-order valence-corrected chi connectivity index (χ2v) is 5.23. The molecule has 0 saturated heterocycles. The fraction of sp³-hybridized carbons (Fsp3) is 0.714. The molecule has 1 rings (SSSR count). The zero-order valence-corrected chi connectivity index (χ0v) is 12.6. The zero-order chi connectivity index (χ0) is 14.4. The first kappa shape index (κ1) is 15.7. The van der Waals surface area contributed by atoms with Crippen LogP contribution in [0, 0.1) is 0 Å². The lowest BCUT2D eigenvalue weighted by Crippen LogP contribution is -2.34. The molecule has 5 heteroatoms. The third kappa shape index (κ3) is 3.80. The number of aliphatic hydroxyl groups excluding tert-OH is 1. The van der Waals surface area contributed by atoms with Gasteiger partial charge in [0.25, 0.3) is 0 Å². The molecular formula is C14H26N4O. The number of hydrogen-bond donors (Lipinski definition) is 2. The third-order valence-corrected chi connectivity index (χ3v) is 3.13. The molecule has 1 aromatic rings. The van der Waals surface area contributed by atoms with Crippen LogP contribution < -0.4 is 10.2 Å². The summed E-state index contributed by atoms with van der Waals surface area (Å²) in [4.78, 5) is 11.0. The highest BCUT2D eigenvalue weighted by Gasteiger charge is 2.20. The van der Waals surface area contributed by atoms with Gasteiger partial charge >= 0.3 is 0 Å². The van der Waals surface area contributed by atoms with E-state index in [9.17, 15) is 0 Å². The first-order valence-corrected chi connectivity index (χ1v) is 6.93. The Bertz CT molecular complexity index is 393. The molecule has 1 aromatic heterocycles. The largest absolute Gasteiger partial charge is 0.396 e. The van der Waals surface area contributed by atoms with Gasteiger partial charge in [-0.1, -0.05) is 13.8 Å². The third-order valence-electron chi connectivity index (χ3n) is 3.13. The number of aliphatic hydroxyl groups is 1. The van der Waals surface area contributed by atoms with E-state index >= 15 is 0 Å². The lowest BCUT2D eigenvalue weighted by atomic mass is 10.0. The van der Waals surface area contributed by atoms with Gasteiger partial charge in [0.05, 0.1) is 0 Å². The molecule has 0 amide bonds. The van der Waals surface area contributed by atoms with E-state index < -0.39 is 0 Å². The van der Waals surface area contributed by atoms with Crippen molar-refractivity contribution in [3.05, 3.63) is 11.9 Å². The molecule has 108 valence electrons. The predicted octanol–water partition coefficient (Wildman–Crippen LogP) is 2.24. The van der Waals surface area contributed by atoms with E-state index in [0.717, 1.165) is 30.2 Å². The molecule has 19 heavy (non-hydrogen) atoms. The number of anilines is 2. The predicted molar refractivity (Wildman–Crippen MR) is 79.9 cm³/mol. The van der Waals surface area contributed by atoms with Gasteiger partial charge in [-0.15, -0.1) is 0 Å². The lowest BCUT2D eigenvalue weighted by Gasteiger charge is -2.31. The lowest BCUT2D eigenvalue weighted by molar-refractivity contribution is 0.288. The highest BCUT2D eigenvalue weighted by molar-refractivity contribution is 5.60. The first-order valence-electron chi connectivity index (χ1n) is 6.93. The van der Waals surface area contributed by atoms with Crippen LogP contribution in [0.2, 0.25) is 0 Å². The standard InChI is InChI=1S/C14H26N4O/c1-10(2)12-13(15-5)16-9-17-14(12)18(11(3)4)7-6-8-19/h9-11,19H,6-8H2,1-5H3,(H,15,16,17). The van der Waals surface area contributed by atoms with Gasteiger partial charge in [0.1, 0.15) is 18.0 Å². The van der Waals surface area contributed by atoms with Crippen LogP contribution in [0.3, 0.4) is 0 Å². The van der Waals surface area contributed by atoms with Gasteiger partial charge in [-0.25, -0.2) is 9.97 Å². The van der Waals surface area contributed by atoms with Crippen molar-refractivity contribution in [1.29, 1.82) is 0 Å². The average molecular weight is 266 g/mol. The molecule has 0 aliphatic carbocycles. The van der Waals surface area contributed by atoms with Crippen molar-refractivity contribution >= 4 is 11.6 Å². The van der Waals surface area contributed by atoms with Crippen molar-refractivity contribution in [2.75, 3.05) is 30.4 Å². The van der Waals surface area contributed by atoms with E-state index in [1.165, 1.54) is 0 Å². The Morgan fingerprint density at radius 3 is 2.42 bits per heavy atom. The number of rotatable bonds is 7. The quantitative estimate of drug-likeness (QED) is 0.792. The molecule has 0 unspecified atom stereocenters. The summed E-state index contributed by atoms with van der Waals surface area (Å²) in [7, 11) is 1.88. The molecule has 1 heterocycles. The minimum Gasteiger partial charge on any atom is -0.396 e. The first-order chi connectivity index (χ1) is 9.02. The second kappa shape index (κ2) is 7.28. The maximum Gasteiger partial charge on any atom is 0.137 e. The maximum absolute atomic E-state index is 9.05. The Morgan fingerprint density at radius 1 is 1.26 bits per heavy atom. The van der Waals surface area contributed by atoms with Crippen LogP contribution in [0.4, 0.5) is 11.6 Å². The van der Waals surface area contributed by atoms with Gasteiger partial charge in [0, 0.05) is 31.8 Å². The molecule has 0 fully saturated rings. The van der Waals surface area contributed by atoms with Crippen molar-refractivity contribution in [3.63, 3.8) is 0 Å². The highest BCUT2D eigenvalue weighted by Crippen LogP contribution is 2.31. The van der Waals surface area contributed by atoms with Crippen molar-refractivity contribution < 1.29 is 5.11 Å². The van der Waals surface area contributed by atoms with Crippen LogP contribution in [0.1, 0.15) is 45.6 Å². The Labute approximate surface area is 116 Å². The maximum atomic E-state index is 9.05. The van der Waals surface area contributed by atoms with Gasteiger partial charge in [0.15, 0.2) is 0 Å². The molecule has 0 spiro atoms. The summed E-state index contributed by atoms with van der Waals surface area (Å²) < 4.78 is 0. The number of nitrogens with zero attached hydrogens (tertiary/aromatic N) is 3. The van der Waals surface area contributed by atoms with E-state index in [0.29, 0.717) is 12.0 Å². The molecule has 0 saturated carbocycles. The van der Waals surface area contributed by atoms with Gasteiger partial charge in [-0.05, 0) is 26.2 Å². The van der Waals surface area contributed by atoms with Gasteiger partial charge in [-0.2, -0.15) is 0 Å². The average Bonchev–Trinajstić information content (AvgIpc) is 2.38. The number of hydrogen-bond acceptors (Lipinski definition) is 5. The fourth-order valence-corrected chi connectivity index (χ4v) is 2.20. The minimum absolute atomic E-state index is 0.199. The molecule has 0 aliphatic heterocycles. The van der Waals surface area contributed by atoms with Crippen molar-refractivity contribution in [1.82, 2.24) is 9.97 Å². The highest BCUT2D eigenvalue weighted by atomic mass is 16.3. The summed E-state index contributed by atoms with van der Waals surface area (Å²) in [6, 6.07) is 0.337. The smallest absolute Gasteiger partial charge is 0.137 e. The summed E-state index contributed by atoms with van der Waals surface area (Å²) in [6.07, 6.45) is 2.34. The van der Waals surface area contributed by atoms with E-state index in [2.05, 4.69) is 47.9 Å². The molecule has 0 bridgehead atoms. The summed E-state index contributed by atoms with van der Waals surface area (Å²) in [5, 5.41) is 12.2. The minimum atomic E-state index is 0.199. The van der Waals surface area contributed by atoms with E-state index in [1.54, 1.807) is 6.33 Å².